The van der Waals surface area contributed by atoms with Gasteiger partial charge in [0.15, 0.2) is 0 Å². The fourth-order valence-corrected chi connectivity index (χ4v) is 2.24. The Balaban J connectivity index is 2.15. The second-order valence-corrected chi connectivity index (χ2v) is 4.49. The van der Waals surface area contributed by atoms with E-state index in [1.165, 1.54) is 0 Å². The topological polar surface area (TPSA) is 15.3 Å². The molecule has 0 spiro atoms. The Morgan fingerprint density at radius 3 is 2.62 bits per heavy atom. The van der Waals surface area contributed by atoms with Gasteiger partial charge in [-0.05, 0) is 25.5 Å². The molecule has 88 valence electrons. The Hall–Kier alpha value is -0.930. The number of benzene rings is 1. The fraction of sp³-hybridized carbons (Fsp3) is 0.538. The van der Waals surface area contributed by atoms with Crippen LogP contribution >= 0.6 is 0 Å². The van der Waals surface area contributed by atoms with Gasteiger partial charge in [-0.1, -0.05) is 12.1 Å². The molecule has 0 unspecified atom stereocenters. The van der Waals surface area contributed by atoms with Crippen LogP contribution in [-0.2, 0) is 0 Å². The van der Waals surface area contributed by atoms with Crippen molar-refractivity contribution in [1.82, 2.24) is 10.2 Å². The van der Waals surface area contributed by atoms with Gasteiger partial charge in [0.25, 0.3) is 0 Å². The van der Waals surface area contributed by atoms with Crippen molar-refractivity contribution in [2.45, 2.75) is 19.9 Å². The maximum atomic E-state index is 13.8. The first-order chi connectivity index (χ1) is 7.68. The first-order valence-corrected chi connectivity index (χ1v) is 5.89. The zero-order valence-corrected chi connectivity index (χ0v) is 9.96. The second kappa shape index (κ2) is 4.93. The van der Waals surface area contributed by atoms with E-state index in [0.717, 1.165) is 37.3 Å². The second-order valence-electron chi connectivity index (χ2n) is 4.49. The van der Waals surface area contributed by atoms with Crippen LogP contribution in [0.4, 0.5) is 4.39 Å². The third kappa shape index (κ3) is 2.42. The van der Waals surface area contributed by atoms with Gasteiger partial charge in [-0.3, -0.25) is 4.90 Å². The van der Waals surface area contributed by atoms with Crippen molar-refractivity contribution < 1.29 is 4.39 Å². The van der Waals surface area contributed by atoms with Gasteiger partial charge in [0.05, 0.1) is 0 Å². The van der Waals surface area contributed by atoms with E-state index in [4.69, 9.17) is 0 Å². The predicted octanol–water partition coefficient (Wildman–Crippen LogP) is 2.10. The van der Waals surface area contributed by atoms with E-state index in [1.807, 2.05) is 19.1 Å². The van der Waals surface area contributed by atoms with Gasteiger partial charge in [-0.2, -0.15) is 0 Å². The van der Waals surface area contributed by atoms with E-state index in [9.17, 15) is 4.39 Å². The number of aryl methyl sites for hydroxylation is 1. The molecule has 1 aromatic rings. The molecule has 2 rings (SSSR count). The highest BCUT2D eigenvalue weighted by molar-refractivity contribution is 5.25. The summed E-state index contributed by atoms with van der Waals surface area (Å²) in [5.41, 5.74) is 1.79. The summed E-state index contributed by atoms with van der Waals surface area (Å²) in [6.45, 7) is 7.99. The van der Waals surface area contributed by atoms with Crippen molar-refractivity contribution in [3.8, 4) is 0 Å². The maximum absolute atomic E-state index is 13.8. The Kier molecular flexibility index (Phi) is 3.56. The molecule has 1 fully saturated rings. The van der Waals surface area contributed by atoms with Gasteiger partial charge in [0, 0.05) is 37.8 Å². The van der Waals surface area contributed by atoms with E-state index >= 15 is 0 Å². The quantitative estimate of drug-likeness (QED) is 0.824. The van der Waals surface area contributed by atoms with Crippen molar-refractivity contribution >= 4 is 0 Å². The normalized spacial score (nSPS) is 19.7. The minimum atomic E-state index is -0.0777. The van der Waals surface area contributed by atoms with Crippen LogP contribution in [-0.4, -0.2) is 31.1 Å². The van der Waals surface area contributed by atoms with Crippen LogP contribution in [0.15, 0.2) is 18.2 Å². The van der Waals surface area contributed by atoms with Gasteiger partial charge in [0.2, 0.25) is 0 Å². The molecule has 2 nitrogen and oxygen atoms in total. The lowest BCUT2D eigenvalue weighted by molar-refractivity contribution is 0.182. The molecular weight excluding hydrogens is 203 g/mol. The van der Waals surface area contributed by atoms with Crippen molar-refractivity contribution in [2.24, 2.45) is 0 Å². The molecule has 0 aromatic heterocycles. The molecular formula is C13H19FN2. The number of piperazine rings is 1. The lowest BCUT2D eigenvalue weighted by Gasteiger charge is -2.33. The smallest absolute Gasteiger partial charge is 0.128 e. The highest BCUT2D eigenvalue weighted by Crippen LogP contribution is 2.23. The molecule has 0 saturated carbocycles. The summed E-state index contributed by atoms with van der Waals surface area (Å²) in [6.07, 6.45) is 0. The molecule has 1 N–H and O–H groups in total. The highest BCUT2D eigenvalue weighted by Gasteiger charge is 2.20. The van der Waals surface area contributed by atoms with Crippen LogP contribution in [0.2, 0.25) is 0 Å². The molecule has 16 heavy (non-hydrogen) atoms. The van der Waals surface area contributed by atoms with E-state index in [0.29, 0.717) is 0 Å². The van der Waals surface area contributed by atoms with Crippen LogP contribution in [0.5, 0.6) is 0 Å². The van der Waals surface area contributed by atoms with E-state index < -0.39 is 0 Å². The van der Waals surface area contributed by atoms with Crippen LogP contribution in [0, 0.1) is 12.7 Å². The molecule has 0 aliphatic carbocycles. The standard InChI is InChI=1S/C13H19FN2/c1-10-3-4-12(13(14)9-10)11(2)16-7-5-15-6-8-16/h3-4,9,11,15H,5-8H2,1-2H3/t11-/m1/s1. The van der Waals surface area contributed by atoms with Gasteiger partial charge >= 0.3 is 0 Å². The maximum Gasteiger partial charge on any atom is 0.128 e. The van der Waals surface area contributed by atoms with Gasteiger partial charge in [-0.25, -0.2) is 4.39 Å². The fourth-order valence-electron chi connectivity index (χ4n) is 2.24. The minimum Gasteiger partial charge on any atom is -0.314 e. The van der Waals surface area contributed by atoms with Crippen LogP contribution in [0.25, 0.3) is 0 Å². The highest BCUT2D eigenvalue weighted by atomic mass is 19.1. The number of nitrogens with zero attached hydrogens (tertiary/aromatic N) is 1. The first kappa shape index (κ1) is 11.6. The zero-order valence-electron chi connectivity index (χ0n) is 9.96. The average Bonchev–Trinajstić information content (AvgIpc) is 2.29. The zero-order chi connectivity index (χ0) is 11.5. The van der Waals surface area contributed by atoms with Crippen molar-refractivity contribution in [1.29, 1.82) is 0 Å². The lowest BCUT2D eigenvalue weighted by atomic mass is 10.0. The first-order valence-electron chi connectivity index (χ1n) is 5.89. The SMILES string of the molecule is Cc1ccc([C@@H](C)N2CCNCC2)c(F)c1. The van der Waals surface area contributed by atoms with Crippen LogP contribution in [0.1, 0.15) is 24.1 Å². The number of halogens is 1. The molecule has 3 heteroatoms. The third-order valence-electron chi connectivity index (χ3n) is 3.31. The summed E-state index contributed by atoms with van der Waals surface area (Å²) in [5.74, 6) is -0.0777. The number of hydrogen-bond donors (Lipinski definition) is 1. The molecule has 1 aliphatic heterocycles. The van der Waals surface area contributed by atoms with Crippen molar-refractivity contribution in [2.75, 3.05) is 26.2 Å². The van der Waals surface area contributed by atoms with Gasteiger partial charge < -0.3 is 5.32 Å². The molecule has 1 saturated heterocycles. The number of rotatable bonds is 2. The average molecular weight is 222 g/mol. The number of nitrogens with one attached hydrogen (secondary N) is 1. The van der Waals surface area contributed by atoms with Crippen LogP contribution in [0.3, 0.4) is 0 Å². The van der Waals surface area contributed by atoms with E-state index in [-0.39, 0.29) is 11.9 Å². The summed E-state index contributed by atoms with van der Waals surface area (Å²) in [7, 11) is 0. The van der Waals surface area contributed by atoms with Crippen molar-refractivity contribution in [3.05, 3.63) is 35.1 Å². The Labute approximate surface area is 96.5 Å². The summed E-state index contributed by atoms with van der Waals surface area (Å²) in [5, 5.41) is 3.31. The minimum absolute atomic E-state index is 0.0777. The Morgan fingerprint density at radius 2 is 2.00 bits per heavy atom. The molecule has 1 aromatic carbocycles. The molecule has 0 bridgehead atoms. The Bertz CT molecular complexity index is 359. The van der Waals surface area contributed by atoms with E-state index in [1.54, 1.807) is 6.07 Å². The molecule has 1 heterocycles. The number of hydrogen-bond acceptors (Lipinski definition) is 2. The molecule has 1 atom stereocenters. The van der Waals surface area contributed by atoms with E-state index in [2.05, 4.69) is 17.1 Å². The van der Waals surface area contributed by atoms with Gasteiger partial charge in [0.1, 0.15) is 5.82 Å². The molecule has 0 amide bonds. The largest absolute Gasteiger partial charge is 0.314 e. The molecule has 0 radical (unpaired) electrons. The summed E-state index contributed by atoms with van der Waals surface area (Å²) in [4.78, 5) is 2.32. The lowest BCUT2D eigenvalue weighted by Crippen LogP contribution is -2.44. The molecule has 1 aliphatic rings. The summed E-state index contributed by atoms with van der Waals surface area (Å²) >= 11 is 0. The van der Waals surface area contributed by atoms with Crippen LogP contribution < -0.4 is 5.32 Å². The van der Waals surface area contributed by atoms with Gasteiger partial charge in [-0.15, -0.1) is 0 Å². The predicted molar refractivity (Wildman–Crippen MR) is 64.0 cm³/mol. The Morgan fingerprint density at radius 1 is 1.31 bits per heavy atom. The summed E-state index contributed by atoms with van der Waals surface area (Å²) < 4.78 is 13.8. The monoisotopic (exact) mass is 222 g/mol. The van der Waals surface area contributed by atoms with Crippen molar-refractivity contribution in [3.63, 3.8) is 0 Å². The summed E-state index contributed by atoms with van der Waals surface area (Å²) in [6, 6.07) is 5.69. The third-order valence-corrected chi connectivity index (χ3v) is 3.31.